The van der Waals surface area contributed by atoms with Crippen LogP contribution in [0.4, 0.5) is 0 Å². The number of esters is 1. The second-order valence-corrected chi connectivity index (χ2v) is 14.9. The van der Waals surface area contributed by atoms with Gasteiger partial charge >= 0.3 is 11.9 Å². The third-order valence-corrected chi connectivity index (χ3v) is 9.88. The summed E-state index contributed by atoms with van der Waals surface area (Å²) < 4.78 is 6.07. The van der Waals surface area contributed by atoms with E-state index in [1.165, 1.54) is 141 Å². The van der Waals surface area contributed by atoms with Crippen molar-refractivity contribution >= 4 is 11.9 Å². The van der Waals surface area contributed by atoms with E-state index in [0.717, 1.165) is 70.6 Å². The van der Waals surface area contributed by atoms with Gasteiger partial charge in [0.25, 0.3) is 0 Å². The zero-order valence-electron chi connectivity index (χ0n) is 33.5. The Morgan fingerprint density at radius 2 is 0.840 bits per heavy atom. The Balaban J connectivity index is 3.97. The molecule has 0 saturated carbocycles. The molecule has 0 saturated heterocycles. The first kappa shape index (κ1) is 48.2. The van der Waals surface area contributed by atoms with E-state index in [1.807, 2.05) is 0 Å². The summed E-state index contributed by atoms with van der Waals surface area (Å²) in [6, 6.07) is 0. The molecule has 0 spiro atoms. The fourth-order valence-electron chi connectivity index (χ4n) is 6.67. The second kappa shape index (κ2) is 41.6. The number of hydrogen-bond donors (Lipinski definition) is 1. The molecule has 4 nitrogen and oxygen atoms in total. The summed E-state index contributed by atoms with van der Waals surface area (Å²) in [5, 5.41) is 8.73. The molecule has 0 fully saturated rings. The molecule has 0 aliphatic carbocycles. The Labute approximate surface area is 311 Å². The molecule has 0 bridgehead atoms. The van der Waals surface area contributed by atoms with Crippen molar-refractivity contribution in [1.29, 1.82) is 0 Å². The number of carbonyl (C=O) groups is 2. The summed E-state index contributed by atoms with van der Waals surface area (Å²) in [4.78, 5) is 23.3. The highest BCUT2D eigenvalue weighted by atomic mass is 16.5. The van der Waals surface area contributed by atoms with Gasteiger partial charge in [-0.2, -0.15) is 0 Å². The van der Waals surface area contributed by atoms with Crippen molar-refractivity contribution in [3.05, 3.63) is 36.5 Å². The Kier molecular flexibility index (Phi) is 40.0. The van der Waals surface area contributed by atoms with E-state index in [9.17, 15) is 9.59 Å². The zero-order chi connectivity index (χ0) is 36.4. The summed E-state index contributed by atoms with van der Waals surface area (Å²) in [6.45, 7) is 4.45. The summed E-state index contributed by atoms with van der Waals surface area (Å²) in [5.41, 5.74) is 0. The van der Waals surface area contributed by atoms with Gasteiger partial charge in [-0.1, -0.05) is 192 Å². The van der Waals surface area contributed by atoms with Crippen LogP contribution in [0.1, 0.15) is 239 Å². The predicted molar refractivity (Wildman–Crippen MR) is 218 cm³/mol. The van der Waals surface area contributed by atoms with Gasteiger partial charge < -0.3 is 9.84 Å². The summed E-state index contributed by atoms with van der Waals surface area (Å²) in [7, 11) is 0. The molecule has 0 aromatic carbocycles. The van der Waals surface area contributed by atoms with Crippen LogP contribution >= 0.6 is 0 Å². The maximum atomic E-state index is 12.7. The molecule has 1 atom stereocenters. The number of aliphatic carboxylic acids is 1. The molecule has 4 heteroatoms. The van der Waals surface area contributed by atoms with Crippen molar-refractivity contribution in [2.75, 3.05) is 0 Å². The third-order valence-electron chi connectivity index (χ3n) is 9.88. The smallest absolute Gasteiger partial charge is 0.306 e. The molecule has 0 amide bonds. The highest BCUT2D eigenvalue weighted by Crippen LogP contribution is 2.19. The predicted octanol–water partition coefficient (Wildman–Crippen LogP) is 15.3. The molecular weight excluding hydrogens is 617 g/mol. The highest BCUT2D eigenvalue weighted by Gasteiger charge is 2.14. The molecule has 0 aliphatic heterocycles. The molecule has 0 aromatic heterocycles. The average molecular weight is 701 g/mol. The minimum atomic E-state index is -0.674. The van der Waals surface area contributed by atoms with E-state index in [0.29, 0.717) is 12.8 Å². The van der Waals surface area contributed by atoms with Gasteiger partial charge in [0.05, 0.1) is 0 Å². The van der Waals surface area contributed by atoms with Gasteiger partial charge in [-0.25, -0.2) is 0 Å². The first-order valence-electron chi connectivity index (χ1n) is 22.0. The number of allylic oxidation sites excluding steroid dienone is 6. The maximum absolute atomic E-state index is 12.7. The quantitative estimate of drug-likeness (QED) is 0.0393. The van der Waals surface area contributed by atoms with Crippen LogP contribution in [0, 0.1) is 0 Å². The Morgan fingerprint density at radius 3 is 1.30 bits per heavy atom. The third kappa shape index (κ3) is 40.6. The topological polar surface area (TPSA) is 63.6 Å². The van der Waals surface area contributed by atoms with Gasteiger partial charge in [0.2, 0.25) is 0 Å². The maximum Gasteiger partial charge on any atom is 0.306 e. The molecule has 0 radical (unpaired) electrons. The average Bonchev–Trinajstić information content (AvgIpc) is 3.10. The molecule has 0 rings (SSSR count). The molecule has 0 heterocycles. The standard InChI is InChI=1S/C46H84O4/c1-3-5-7-9-11-13-14-15-16-17-18-19-20-21-22-27-31-35-39-43-46(49)50-44(40-36-32-28-12-10-8-6-4-2)41-37-33-29-25-23-24-26-30-34-38-42-45(47)48/h5,7,11,13,15-16,44H,3-4,6,8-10,12,14,17-43H2,1-2H3,(H,47,48)/b7-5-,13-11-,16-15-. The van der Waals surface area contributed by atoms with Crippen molar-refractivity contribution in [3.8, 4) is 0 Å². The first-order chi connectivity index (χ1) is 24.6. The first-order valence-corrected chi connectivity index (χ1v) is 22.0. The number of carboxylic acids is 1. The molecule has 0 aromatic rings. The normalized spacial score (nSPS) is 12.5. The Bertz CT molecular complexity index is 798. The molecule has 50 heavy (non-hydrogen) atoms. The van der Waals surface area contributed by atoms with Crippen LogP contribution in [-0.4, -0.2) is 23.1 Å². The van der Waals surface area contributed by atoms with Crippen LogP contribution in [0.3, 0.4) is 0 Å². The van der Waals surface area contributed by atoms with Crippen molar-refractivity contribution in [2.45, 2.75) is 245 Å². The summed E-state index contributed by atoms with van der Waals surface area (Å²) >= 11 is 0. The van der Waals surface area contributed by atoms with Crippen molar-refractivity contribution < 1.29 is 19.4 Å². The van der Waals surface area contributed by atoms with Crippen LogP contribution in [-0.2, 0) is 14.3 Å². The van der Waals surface area contributed by atoms with E-state index < -0.39 is 5.97 Å². The zero-order valence-corrected chi connectivity index (χ0v) is 33.5. The monoisotopic (exact) mass is 701 g/mol. The summed E-state index contributed by atoms with van der Waals surface area (Å²) in [6.07, 6.45) is 54.7. The fourth-order valence-corrected chi connectivity index (χ4v) is 6.67. The lowest BCUT2D eigenvalue weighted by Gasteiger charge is -2.18. The number of ether oxygens (including phenoxy) is 1. The lowest BCUT2D eigenvalue weighted by Crippen LogP contribution is -2.18. The van der Waals surface area contributed by atoms with Crippen LogP contribution in [0.2, 0.25) is 0 Å². The van der Waals surface area contributed by atoms with E-state index >= 15 is 0 Å². The van der Waals surface area contributed by atoms with Crippen molar-refractivity contribution in [2.24, 2.45) is 0 Å². The number of unbranched alkanes of at least 4 members (excludes halogenated alkanes) is 25. The van der Waals surface area contributed by atoms with Gasteiger partial charge in [0, 0.05) is 12.8 Å². The molecule has 1 unspecified atom stereocenters. The fraction of sp³-hybridized carbons (Fsp3) is 0.826. The number of rotatable bonds is 40. The molecule has 0 aliphatic rings. The van der Waals surface area contributed by atoms with E-state index in [1.54, 1.807) is 0 Å². The van der Waals surface area contributed by atoms with E-state index in [4.69, 9.17) is 9.84 Å². The van der Waals surface area contributed by atoms with Crippen LogP contribution in [0.25, 0.3) is 0 Å². The van der Waals surface area contributed by atoms with Crippen molar-refractivity contribution in [3.63, 3.8) is 0 Å². The minimum Gasteiger partial charge on any atom is -0.481 e. The Morgan fingerprint density at radius 1 is 0.460 bits per heavy atom. The number of carbonyl (C=O) groups excluding carboxylic acids is 1. The summed E-state index contributed by atoms with van der Waals surface area (Å²) in [5.74, 6) is -0.639. The SMILES string of the molecule is CC/C=C\C/C=C\C/C=C\CCCCCCCCCCCC(=O)OC(CCCCCCCCCC)CCCCCCCCCCCCC(=O)O. The number of hydrogen-bond acceptors (Lipinski definition) is 3. The molecule has 292 valence electrons. The molecular formula is C46H84O4. The van der Waals surface area contributed by atoms with Crippen LogP contribution in [0.15, 0.2) is 36.5 Å². The van der Waals surface area contributed by atoms with Gasteiger partial charge in [0.15, 0.2) is 0 Å². The van der Waals surface area contributed by atoms with Gasteiger partial charge in [-0.05, 0) is 70.6 Å². The highest BCUT2D eigenvalue weighted by molar-refractivity contribution is 5.69. The molecule has 1 N–H and O–H groups in total. The Hall–Kier alpha value is -1.84. The van der Waals surface area contributed by atoms with Gasteiger partial charge in [-0.15, -0.1) is 0 Å². The van der Waals surface area contributed by atoms with E-state index in [-0.39, 0.29) is 12.1 Å². The lowest BCUT2D eigenvalue weighted by atomic mass is 10.0. The second-order valence-electron chi connectivity index (χ2n) is 14.9. The van der Waals surface area contributed by atoms with Crippen LogP contribution in [0.5, 0.6) is 0 Å². The van der Waals surface area contributed by atoms with Gasteiger partial charge in [0.1, 0.15) is 6.10 Å². The lowest BCUT2D eigenvalue weighted by molar-refractivity contribution is -0.150. The minimum absolute atomic E-state index is 0.0344. The van der Waals surface area contributed by atoms with Crippen LogP contribution < -0.4 is 0 Å². The van der Waals surface area contributed by atoms with Gasteiger partial charge in [-0.3, -0.25) is 9.59 Å². The van der Waals surface area contributed by atoms with E-state index in [2.05, 4.69) is 50.3 Å². The van der Waals surface area contributed by atoms with Crippen molar-refractivity contribution in [1.82, 2.24) is 0 Å². The number of carboxylic acid groups (broad SMARTS) is 1. The largest absolute Gasteiger partial charge is 0.481 e.